The number of hydrogen-bond acceptors (Lipinski definition) is 4. The zero-order valence-corrected chi connectivity index (χ0v) is 16.0. The van der Waals surface area contributed by atoms with Crippen LogP contribution >= 0.6 is 28.3 Å². The van der Waals surface area contributed by atoms with E-state index in [2.05, 4.69) is 21.2 Å². The molecule has 0 aliphatic rings. The molecule has 0 bridgehead atoms. The highest BCUT2D eigenvalue weighted by molar-refractivity contribution is 9.10. The number of amides is 1. The third kappa shape index (κ3) is 4.94. The van der Waals surface area contributed by atoms with Gasteiger partial charge in [-0.2, -0.15) is 0 Å². The molecular formula is C14H22BrClN2O3S. The lowest BCUT2D eigenvalue weighted by molar-refractivity contribution is -0.124. The van der Waals surface area contributed by atoms with Crippen LogP contribution < -0.4 is 11.1 Å². The monoisotopic (exact) mass is 412 g/mol. The number of benzene rings is 1. The Labute approximate surface area is 146 Å². The van der Waals surface area contributed by atoms with Gasteiger partial charge in [-0.1, -0.05) is 22.9 Å². The third-order valence-corrected chi connectivity index (χ3v) is 6.36. The fraction of sp³-hybridized carbons (Fsp3) is 0.500. The van der Waals surface area contributed by atoms with Gasteiger partial charge in [-0.05, 0) is 38.1 Å². The molecule has 0 aliphatic heterocycles. The van der Waals surface area contributed by atoms with Crippen molar-refractivity contribution in [1.29, 1.82) is 0 Å². The van der Waals surface area contributed by atoms with Gasteiger partial charge in [0.25, 0.3) is 0 Å². The van der Waals surface area contributed by atoms with E-state index < -0.39 is 14.6 Å². The fourth-order valence-corrected chi connectivity index (χ4v) is 3.27. The van der Waals surface area contributed by atoms with Gasteiger partial charge in [-0.3, -0.25) is 4.79 Å². The molecule has 0 fully saturated rings. The highest BCUT2D eigenvalue weighted by atomic mass is 79.9. The summed E-state index contributed by atoms with van der Waals surface area (Å²) in [6.07, 6.45) is 0. The van der Waals surface area contributed by atoms with E-state index in [9.17, 15) is 13.2 Å². The van der Waals surface area contributed by atoms with Crippen LogP contribution in [0.5, 0.6) is 0 Å². The van der Waals surface area contributed by atoms with Gasteiger partial charge in [0.15, 0.2) is 9.84 Å². The van der Waals surface area contributed by atoms with E-state index in [1.807, 2.05) is 0 Å². The van der Waals surface area contributed by atoms with Crippen molar-refractivity contribution in [2.45, 2.75) is 30.4 Å². The molecule has 1 atom stereocenters. The van der Waals surface area contributed by atoms with Crippen molar-refractivity contribution < 1.29 is 13.2 Å². The Morgan fingerprint density at radius 2 is 1.82 bits per heavy atom. The van der Waals surface area contributed by atoms with Gasteiger partial charge in [0, 0.05) is 23.5 Å². The highest BCUT2D eigenvalue weighted by Crippen LogP contribution is 2.26. The van der Waals surface area contributed by atoms with Crippen molar-refractivity contribution in [3.8, 4) is 0 Å². The minimum atomic E-state index is -3.55. The van der Waals surface area contributed by atoms with Gasteiger partial charge in [0.05, 0.1) is 9.64 Å². The minimum absolute atomic E-state index is 0. The number of carbonyl (C=O) groups excluding carboxylic acids is 1. The number of hydrogen-bond donors (Lipinski definition) is 2. The molecule has 0 spiro atoms. The summed E-state index contributed by atoms with van der Waals surface area (Å²) in [6, 6.07) is 6.45. The average Bonchev–Trinajstić information content (AvgIpc) is 2.44. The quantitative estimate of drug-likeness (QED) is 0.747. The third-order valence-electron chi connectivity index (χ3n) is 3.34. The molecule has 0 aliphatic carbocycles. The summed E-state index contributed by atoms with van der Waals surface area (Å²) >= 11 is 3.27. The number of halogens is 2. The van der Waals surface area contributed by atoms with E-state index in [0.29, 0.717) is 0 Å². The van der Waals surface area contributed by atoms with Crippen LogP contribution in [-0.2, 0) is 14.6 Å². The molecule has 3 N–H and O–H groups in total. The normalized spacial score (nSPS) is 13.1. The lowest BCUT2D eigenvalue weighted by Crippen LogP contribution is -2.46. The lowest BCUT2D eigenvalue weighted by Gasteiger charge is -2.26. The predicted octanol–water partition coefficient (Wildman–Crippen LogP) is 2.13. The maximum Gasteiger partial charge on any atom is 0.224 e. The van der Waals surface area contributed by atoms with Crippen molar-refractivity contribution in [2.24, 2.45) is 11.7 Å². The first-order chi connectivity index (χ1) is 9.61. The van der Waals surface area contributed by atoms with Gasteiger partial charge >= 0.3 is 0 Å². The van der Waals surface area contributed by atoms with Crippen LogP contribution in [0.15, 0.2) is 33.6 Å². The number of carbonyl (C=O) groups is 1. The topological polar surface area (TPSA) is 89.3 Å². The second kappa shape index (κ2) is 8.29. The molecule has 22 heavy (non-hydrogen) atoms. The van der Waals surface area contributed by atoms with E-state index in [1.54, 1.807) is 45.0 Å². The second-order valence-electron chi connectivity index (χ2n) is 5.57. The summed E-state index contributed by atoms with van der Waals surface area (Å²) in [4.78, 5) is 12.0. The zero-order valence-electron chi connectivity index (χ0n) is 12.8. The molecular weight excluding hydrogens is 392 g/mol. The summed E-state index contributed by atoms with van der Waals surface area (Å²) in [6.45, 7) is 5.15. The molecule has 0 saturated heterocycles. The summed E-state index contributed by atoms with van der Waals surface area (Å²) < 4.78 is 25.0. The first-order valence-corrected chi connectivity index (χ1v) is 8.87. The van der Waals surface area contributed by atoms with Crippen LogP contribution in [-0.4, -0.2) is 32.2 Å². The first kappa shape index (κ1) is 21.4. The Hall–Kier alpha value is -0.630. The van der Waals surface area contributed by atoms with E-state index in [1.165, 1.54) is 0 Å². The summed E-state index contributed by atoms with van der Waals surface area (Å²) in [5.74, 6) is -0.576. The van der Waals surface area contributed by atoms with Gasteiger partial charge < -0.3 is 11.1 Å². The van der Waals surface area contributed by atoms with Crippen molar-refractivity contribution >= 4 is 44.1 Å². The van der Waals surface area contributed by atoms with Crippen LogP contribution in [0.1, 0.15) is 20.8 Å². The number of nitrogens with one attached hydrogen (secondary N) is 1. The summed E-state index contributed by atoms with van der Waals surface area (Å²) in [5, 5.41) is 2.65. The average molecular weight is 414 g/mol. The molecule has 0 heterocycles. The van der Waals surface area contributed by atoms with E-state index >= 15 is 0 Å². The smallest absolute Gasteiger partial charge is 0.224 e. The fourth-order valence-electron chi connectivity index (χ4n) is 1.61. The maximum absolute atomic E-state index is 12.6. The highest BCUT2D eigenvalue weighted by Gasteiger charge is 2.36. The van der Waals surface area contributed by atoms with E-state index in [-0.39, 0.29) is 42.2 Å². The molecule has 5 nitrogen and oxygen atoms in total. The van der Waals surface area contributed by atoms with Crippen LogP contribution in [0.3, 0.4) is 0 Å². The minimum Gasteiger partial charge on any atom is -0.354 e. The lowest BCUT2D eigenvalue weighted by atomic mass is 10.1. The van der Waals surface area contributed by atoms with Gasteiger partial charge in [0.1, 0.15) is 0 Å². The molecule has 1 aromatic carbocycles. The van der Waals surface area contributed by atoms with Crippen molar-refractivity contribution in [3.63, 3.8) is 0 Å². The predicted molar refractivity (Wildman–Crippen MR) is 93.9 cm³/mol. The Balaban J connectivity index is 0.00000441. The summed E-state index contributed by atoms with van der Waals surface area (Å²) in [5.41, 5.74) is 5.42. The second-order valence-corrected chi connectivity index (χ2v) is 9.07. The molecule has 1 aromatic rings. The van der Waals surface area contributed by atoms with E-state index in [4.69, 9.17) is 5.73 Å². The molecule has 8 heteroatoms. The molecule has 1 rings (SSSR count). The van der Waals surface area contributed by atoms with Crippen molar-refractivity contribution in [2.75, 3.05) is 13.1 Å². The first-order valence-electron chi connectivity index (χ1n) is 6.60. The largest absolute Gasteiger partial charge is 0.354 e. The maximum atomic E-state index is 12.6. The molecule has 1 unspecified atom stereocenters. The molecule has 0 saturated carbocycles. The van der Waals surface area contributed by atoms with Gasteiger partial charge in [-0.15, -0.1) is 12.4 Å². The molecule has 126 valence electrons. The van der Waals surface area contributed by atoms with E-state index in [0.717, 1.165) is 4.47 Å². The molecule has 0 radical (unpaired) electrons. The number of rotatable bonds is 6. The van der Waals surface area contributed by atoms with Crippen LogP contribution in [0, 0.1) is 5.92 Å². The van der Waals surface area contributed by atoms with Crippen LogP contribution in [0.25, 0.3) is 0 Å². The van der Waals surface area contributed by atoms with Crippen LogP contribution in [0.4, 0.5) is 0 Å². The van der Waals surface area contributed by atoms with Crippen molar-refractivity contribution in [1.82, 2.24) is 5.32 Å². The van der Waals surface area contributed by atoms with Crippen LogP contribution in [0.2, 0.25) is 0 Å². The van der Waals surface area contributed by atoms with Gasteiger partial charge in [0.2, 0.25) is 5.91 Å². The van der Waals surface area contributed by atoms with Crippen molar-refractivity contribution in [3.05, 3.63) is 28.7 Å². The Bertz CT molecular complexity index is 603. The van der Waals surface area contributed by atoms with Gasteiger partial charge in [-0.25, -0.2) is 8.42 Å². The number of nitrogens with two attached hydrogens (primary N) is 1. The molecule has 0 aromatic heterocycles. The standard InChI is InChI=1S/C14H21BrN2O3S.ClH/c1-10(8-16)13(18)17-9-14(2,3)21(19,20)12-6-4-11(15)5-7-12;/h4-7,10H,8-9,16H2,1-3H3,(H,17,18);1H. The Morgan fingerprint density at radius 3 is 2.27 bits per heavy atom. The number of sulfone groups is 1. The Morgan fingerprint density at radius 1 is 1.32 bits per heavy atom. The molecule has 1 amide bonds. The zero-order chi connectivity index (χ0) is 16.3. The summed E-state index contributed by atoms with van der Waals surface area (Å²) in [7, 11) is -3.55. The SMILES string of the molecule is CC(CN)C(=O)NCC(C)(C)S(=O)(=O)c1ccc(Br)cc1.Cl. The Kier molecular flexibility index (Phi) is 8.05.